The lowest BCUT2D eigenvalue weighted by atomic mass is 10.1. The van der Waals surface area contributed by atoms with Gasteiger partial charge in [-0.1, -0.05) is 22.0 Å². The van der Waals surface area contributed by atoms with Crippen molar-refractivity contribution in [2.45, 2.75) is 20.4 Å². The lowest BCUT2D eigenvalue weighted by Gasteiger charge is -2.21. The lowest BCUT2D eigenvalue weighted by molar-refractivity contribution is 0.0750. The van der Waals surface area contributed by atoms with Gasteiger partial charge in [0.2, 0.25) is 0 Å². The largest absolute Gasteiger partial charge is 0.333 e. The molecule has 1 aromatic carbocycles. The van der Waals surface area contributed by atoms with E-state index in [0.717, 1.165) is 15.7 Å². The summed E-state index contributed by atoms with van der Waals surface area (Å²) in [7, 11) is 0. The number of carbonyl (C=O) groups is 1. The van der Waals surface area contributed by atoms with Crippen LogP contribution in [0.5, 0.6) is 0 Å². The number of nitrogens with zero attached hydrogens (tertiary/aromatic N) is 2. The summed E-state index contributed by atoms with van der Waals surface area (Å²) in [5.74, 6) is 0.0301. The van der Waals surface area contributed by atoms with Crippen molar-refractivity contribution in [1.29, 1.82) is 0 Å². The van der Waals surface area contributed by atoms with E-state index in [-0.39, 0.29) is 5.91 Å². The first-order valence-corrected chi connectivity index (χ1v) is 7.36. The van der Waals surface area contributed by atoms with Crippen LogP contribution < -0.4 is 0 Å². The molecule has 0 aliphatic heterocycles. The molecule has 1 heterocycles. The summed E-state index contributed by atoms with van der Waals surface area (Å²) in [4.78, 5) is 18.6. The first kappa shape index (κ1) is 14.7. The van der Waals surface area contributed by atoms with E-state index < -0.39 is 0 Å². The number of halogens is 1. The maximum absolute atomic E-state index is 12.6. The van der Waals surface area contributed by atoms with E-state index in [1.165, 1.54) is 0 Å². The van der Waals surface area contributed by atoms with Gasteiger partial charge in [-0.15, -0.1) is 0 Å². The second-order valence-corrected chi connectivity index (χ2v) is 5.57. The molecule has 0 atom stereocenters. The molecule has 0 saturated carbocycles. The number of aryl methyl sites for hydroxylation is 1. The Labute approximate surface area is 127 Å². The third-order valence-corrected chi connectivity index (χ3v) is 3.49. The minimum absolute atomic E-state index is 0.0301. The van der Waals surface area contributed by atoms with Crippen LogP contribution in [0.3, 0.4) is 0 Å². The molecular weight excluding hydrogens is 316 g/mol. The van der Waals surface area contributed by atoms with Gasteiger partial charge in [-0.05, 0) is 49.7 Å². The first-order valence-electron chi connectivity index (χ1n) is 6.56. The highest BCUT2D eigenvalue weighted by molar-refractivity contribution is 9.10. The fourth-order valence-electron chi connectivity index (χ4n) is 2.06. The normalized spacial score (nSPS) is 10.3. The molecular formula is C16H17BrN2O. The zero-order chi connectivity index (χ0) is 14.5. The molecule has 0 fully saturated rings. The quantitative estimate of drug-likeness (QED) is 0.852. The predicted octanol–water partition coefficient (Wildman–Crippen LogP) is 3.81. The van der Waals surface area contributed by atoms with E-state index in [2.05, 4.69) is 20.9 Å². The van der Waals surface area contributed by atoms with Crippen LogP contribution in [-0.4, -0.2) is 22.3 Å². The van der Waals surface area contributed by atoms with Crippen LogP contribution in [0.2, 0.25) is 0 Å². The molecule has 1 amide bonds. The van der Waals surface area contributed by atoms with E-state index in [1.807, 2.05) is 50.2 Å². The number of hydrogen-bond acceptors (Lipinski definition) is 2. The summed E-state index contributed by atoms with van der Waals surface area (Å²) in [6, 6.07) is 11.5. The molecule has 104 valence electrons. The highest BCUT2D eigenvalue weighted by atomic mass is 79.9. The van der Waals surface area contributed by atoms with Crippen molar-refractivity contribution in [2.75, 3.05) is 6.54 Å². The van der Waals surface area contributed by atoms with Crippen molar-refractivity contribution in [2.24, 2.45) is 0 Å². The fraction of sp³-hybridized carbons (Fsp3) is 0.250. The van der Waals surface area contributed by atoms with E-state index in [4.69, 9.17) is 0 Å². The Morgan fingerprint density at radius 2 is 2.10 bits per heavy atom. The molecule has 0 unspecified atom stereocenters. The van der Waals surface area contributed by atoms with Gasteiger partial charge in [0, 0.05) is 22.8 Å². The summed E-state index contributed by atoms with van der Waals surface area (Å²) in [5.41, 5.74) is 2.67. The maximum atomic E-state index is 12.6. The zero-order valence-corrected chi connectivity index (χ0v) is 13.2. The van der Waals surface area contributed by atoms with Gasteiger partial charge in [-0.25, -0.2) is 0 Å². The van der Waals surface area contributed by atoms with E-state index in [9.17, 15) is 4.79 Å². The Hall–Kier alpha value is -1.68. The molecule has 0 aliphatic carbocycles. The standard InChI is InChI=1S/C16H17BrN2O/c1-3-19(11-15-6-4-5-7-18-15)16(20)13-8-12(2)9-14(17)10-13/h4-10H,3,11H2,1-2H3. The number of hydrogen-bond donors (Lipinski definition) is 0. The number of amides is 1. The van der Waals surface area contributed by atoms with Gasteiger partial charge >= 0.3 is 0 Å². The third kappa shape index (κ3) is 3.67. The third-order valence-electron chi connectivity index (χ3n) is 3.04. The monoisotopic (exact) mass is 332 g/mol. The SMILES string of the molecule is CCN(Cc1ccccn1)C(=O)c1cc(C)cc(Br)c1. The average Bonchev–Trinajstić information content (AvgIpc) is 2.44. The average molecular weight is 333 g/mol. The molecule has 2 rings (SSSR count). The molecule has 0 N–H and O–H groups in total. The zero-order valence-electron chi connectivity index (χ0n) is 11.6. The highest BCUT2D eigenvalue weighted by Crippen LogP contribution is 2.17. The Balaban J connectivity index is 2.20. The smallest absolute Gasteiger partial charge is 0.254 e. The molecule has 0 spiro atoms. The van der Waals surface area contributed by atoms with Gasteiger partial charge in [0.25, 0.3) is 5.91 Å². The van der Waals surface area contributed by atoms with Crippen LogP contribution >= 0.6 is 15.9 Å². The number of benzene rings is 1. The molecule has 20 heavy (non-hydrogen) atoms. The van der Waals surface area contributed by atoms with Gasteiger partial charge in [-0.3, -0.25) is 9.78 Å². The summed E-state index contributed by atoms with van der Waals surface area (Å²) < 4.78 is 0.926. The van der Waals surface area contributed by atoms with E-state index in [1.54, 1.807) is 11.1 Å². The van der Waals surface area contributed by atoms with Crippen molar-refractivity contribution in [3.63, 3.8) is 0 Å². The summed E-state index contributed by atoms with van der Waals surface area (Å²) in [5, 5.41) is 0. The highest BCUT2D eigenvalue weighted by Gasteiger charge is 2.15. The van der Waals surface area contributed by atoms with Crippen molar-refractivity contribution >= 4 is 21.8 Å². The molecule has 1 aromatic heterocycles. The van der Waals surface area contributed by atoms with Gasteiger partial charge in [-0.2, -0.15) is 0 Å². The number of carbonyl (C=O) groups excluding carboxylic acids is 1. The van der Waals surface area contributed by atoms with Crippen LogP contribution in [0, 0.1) is 6.92 Å². The van der Waals surface area contributed by atoms with Crippen molar-refractivity contribution in [3.05, 3.63) is 63.9 Å². The molecule has 0 radical (unpaired) electrons. The van der Waals surface area contributed by atoms with Crippen molar-refractivity contribution < 1.29 is 4.79 Å². The van der Waals surface area contributed by atoms with Gasteiger partial charge in [0.05, 0.1) is 12.2 Å². The van der Waals surface area contributed by atoms with Crippen LogP contribution in [0.1, 0.15) is 28.5 Å². The summed E-state index contributed by atoms with van der Waals surface area (Å²) in [6.07, 6.45) is 1.75. The minimum atomic E-state index is 0.0301. The number of rotatable bonds is 4. The van der Waals surface area contributed by atoms with Crippen LogP contribution in [0.25, 0.3) is 0 Å². The second kappa shape index (κ2) is 6.66. The van der Waals surface area contributed by atoms with Crippen LogP contribution in [0.15, 0.2) is 47.1 Å². The van der Waals surface area contributed by atoms with E-state index in [0.29, 0.717) is 18.7 Å². The van der Waals surface area contributed by atoms with Crippen molar-refractivity contribution in [3.8, 4) is 0 Å². The molecule has 0 aliphatic rings. The number of aromatic nitrogens is 1. The summed E-state index contributed by atoms with van der Waals surface area (Å²) in [6.45, 7) is 5.14. The van der Waals surface area contributed by atoms with Gasteiger partial charge < -0.3 is 4.90 Å². The number of pyridine rings is 1. The maximum Gasteiger partial charge on any atom is 0.254 e. The van der Waals surface area contributed by atoms with E-state index >= 15 is 0 Å². The molecule has 0 bridgehead atoms. The molecule has 2 aromatic rings. The van der Waals surface area contributed by atoms with Crippen LogP contribution in [-0.2, 0) is 6.54 Å². The molecule has 3 nitrogen and oxygen atoms in total. The second-order valence-electron chi connectivity index (χ2n) is 4.66. The van der Waals surface area contributed by atoms with Gasteiger partial charge in [0.1, 0.15) is 0 Å². The van der Waals surface area contributed by atoms with Crippen LogP contribution in [0.4, 0.5) is 0 Å². The molecule has 4 heteroatoms. The lowest BCUT2D eigenvalue weighted by Crippen LogP contribution is -2.30. The Bertz CT molecular complexity index is 578. The molecule has 0 saturated heterocycles. The Morgan fingerprint density at radius 1 is 1.30 bits per heavy atom. The predicted molar refractivity (Wildman–Crippen MR) is 83.5 cm³/mol. The topological polar surface area (TPSA) is 33.2 Å². The first-order chi connectivity index (χ1) is 9.60. The van der Waals surface area contributed by atoms with Gasteiger partial charge in [0.15, 0.2) is 0 Å². The van der Waals surface area contributed by atoms with Crippen molar-refractivity contribution in [1.82, 2.24) is 9.88 Å². The Kier molecular flexibility index (Phi) is 4.90. The summed E-state index contributed by atoms with van der Waals surface area (Å²) >= 11 is 3.44. The minimum Gasteiger partial charge on any atom is -0.333 e. The Morgan fingerprint density at radius 3 is 2.70 bits per heavy atom. The fourth-order valence-corrected chi connectivity index (χ4v) is 2.66.